The van der Waals surface area contributed by atoms with E-state index in [1.807, 2.05) is 30.0 Å². The minimum atomic E-state index is -0.219. The fourth-order valence-electron chi connectivity index (χ4n) is 4.64. The number of rotatable bonds is 6. The topological polar surface area (TPSA) is 77.7 Å². The molecule has 0 saturated carbocycles. The third-order valence-corrected chi connectivity index (χ3v) is 7.03. The summed E-state index contributed by atoms with van der Waals surface area (Å²) in [6.45, 7) is 7.58. The first-order chi connectivity index (χ1) is 15.0. The fourth-order valence-corrected chi connectivity index (χ4v) is 4.64. The van der Waals surface area contributed by atoms with Gasteiger partial charge in [-0.1, -0.05) is 11.2 Å². The highest BCUT2D eigenvalue weighted by Crippen LogP contribution is 2.38. The first-order valence-electron chi connectivity index (χ1n) is 11.3. The Labute approximate surface area is 184 Å². The number of methoxy groups -OCH3 is 1. The molecule has 0 atom stereocenters. The number of likely N-dealkylation sites (tertiary alicyclic amines) is 1. The van der Waals surface area contributed by atoms with Crippen LogP contribution in [0, 0.1) is 13.8 Å². The lowest BCUT2D eigenvalue weighted by Crippen LogP contribution is -2.46. The maximum Gasteiger partial charge on any atom is 0.253 e. The van der Waals surface area contributed by atoms with E-state index in [0.717, 1.165) is 68.2 Å². The summed E-state index contributed by atoms with van der Waals surface area (Å²) in [7, 11) is 1.72. The van der Waals surface area contributed by atoms with E-state index in [2.05, 4.69) is 12.1 Å². The molecule has 3 heterocycles. The van der Waals surface area contributed by atoms with Crippen LogP contribution in [0.1, 0.15) is 71.2 Å². The Bertz CT molecular complexity index is 896. The second-order valence-electron chi connectivity index (χ2n) is 8.96. The number of carbonyl (C=O) groups is 1. The average Bonchev–Trinajstić information content (AvgIpc) is 3.31. The summed E-state index contributed by atoms with van der Waals surface area (Å²) in [4.78, 5) is 19.9. The van der Waals surface area contributed by atoms with Crippen LogP contribution in [0.15, 0.2) is 22.7 Å². The van der Waals surface area contributed by atoms with Crippen LogP contribution in [0.3, 0.4) is 0 Å². The molecule has 2 aliphatic rings. The molecule has 1 aromatic carbocycles. The molecule has 0 spiro atoms. The Balaban J connectivity index is 1.48. The Morgan fingerprint density at radius 1 is 1.19 bits per heavy atom. The number of hydrogen-bond donors (Lipinski definition) is 0. The Kier molecular flexibility index (Phi) is 6.72. The van der Waals surface area contributed by atoms with Gasteiger partial charge >= 0.3 is 0 Å². The number of benzene rings is 1. The number of piperidine rings is 1. The van der Waals surface area contributed by atoms with Crippen molar-refractivity contribution in [3.8, 4) is 0 Å². The standard InChI is InChI=1S/C24H33N3O4/c1-17-4-5-20(16-18(17)2)22(28)27-11-8-24(9-12-27,10-15-29-3)23-25-21(31-26-23)19-6-13-30-14-7-19/h4-5,16,19H,6-15H2,1-3H3. The van der Waals surface area contributed by atoms with Gasteiger partial charge in [-0.2, -0.15) is 4.98 Å². The number of ether oxygens (including phenoxy) is 2. The molecule has 7 heteroatoms. The molecule has 1 amide bonds. The lowest BCUT2D eigenvalue weighted by molar-refractivity contribution is 0.0616. The maximum absolute atomic E-state index is 13.1. The molecule has 2 fully saturated rings. The lowest BCUT2D eigenvalue weighted by Gasteiger charge is -2.40. The zero-order chi connectivity index (χ0) is 21.8. The smallest absolute Gasteiger partial charge is 0.253 e. The molecule has 1 aromatic heterocycles. The minimum absolute atomic E-state index is 0.0967. The van der Waals surface area contributed by atoms with Gasteiger partial charge in [0.2, 0.25) is 5.89 Å². The third kappa shape index (κ3) is 4.67. The monoisotopic (exact) mass is 427 g/mol. The van der Waals surface area contributed by atoms with E-state index in [0.29, 0.717) is 19.7 Å². The Morgan fingerprint density at radius 3 is 2.61 bits per heavy atom. The summed E-state index contributed by atoms with van der Waals surface area (Å²) >= 11 is 0. The normalized spacial score (nSPS) is 19.5. The van der Waals surface area contributed by atoms with E-state index in [-0.39, 0.29) is 17.2 Å². The highest BCUT2D eigenvalue weighted by Gasteiger charge is 2.41. The third-order valence-electron chi connectivity index (χ3n) is 7.03. The zero-order valence-electron chi connectivity index (χ0n) is 18.9. The number of amides is 1. The maximum atomic E-state index is 13.1. The van der Waals surface area contributed by atoms with Crippen molar-refractivity contribution in [1.29, 1.82) is 0 Å². The highest BCUT2D eigenvalue weighted by atomic mass is 16.5. The van der Waals surface area contributed by atoms with Crippen molar-refractivity contribution in [2.45, 2.75) is 57.3 Å². The zero-order valence-corrected chi connectivity index (χ0v) is 18.9. The summed E-state index contributed by atoms with van der Waals surface area (Å²) in [6.07, 6.45) is 4.28. The molecule has 0 N–H and O–H groups in total. The van der Waals surface area contributed by atoms with Crippen molar-refractivity contribution < 1.29 is 18.8 Å². The van der Waals surface area contributed by atoms with Crippen LogP contribution in [0.5, 0.6) is 0 Å². The lowest BCUT2D eigenvalue weighted by atomic mass is 9.75. The van der Waals surface area contributed by atoms with Gasteiger partial charge < -0.3 is 18.9 Å². The largest absolute Gasteiger partial charge is 0.385 e. The summed E-state index contributed by atoms with van der Waals surface area (Å²) in [5.74, 6) is 1.87. The van der Waals surface area contributed by atoms with Crippen LogP contribution in [0.4, 0.5) is 0 Å². The Morgan fingerprint density at radius 2 is 1.94 bits per heavy atom. The van der Waals surface area contributed by atoms with Crippen molar-refractivity contribution in [1.82, 2.24) is 15.0 Å². The van der Waals surface area contributed by atoms with Crippen LogP contribution < -0.4 is 0 Å². The van der Waals surface area contributed by atoms with Gasteiger partial charge in [-0.3, -0.25) is 4.79 Å². The summed E-state index contributed by atoms with van der Waals surface area (Å²) < 4.78 is 16.5. The van der Waals surface area contributed by atoms with Crippen molar-refractivity contribution in [2.24, 2.45) is 0 Å². The highest BCUT2D eigenvalue weighted by molar-refractivity contribution is 5.94. The van der Waals surface area contributed by atoms with Crippen molar-refractivity contribution in [3.05, 3.63) is 46.6 Å². The van der Waals surface area contributed by atoms with Gasteiger partial charge in [0.25, 0.3) is 5.91 Å². The molecule has 2 aromatic rings. The van der Waals surface area contributed by atoms with Gasteiger partial charge in [-0.25, -0.2) is 0 Å². The predicted octanol–water partition coefficient (Wildman–Crippen LogP) is 3.79. The fraction of sp³-hybridized carbons (Fsp3) is 0.625. The molecule has 31 heavy (non-hydrogen) atoms. The molecule has 0 unspecified atom stereocenters. The minimum Gasteiger partial charge on any atom is -0.385 e. The molecule has 0 radical (unpaired) electrons. The van der Waals surface area contributed by atoms with E-state index >= 15 is 0 Å². The van der Waals surface area contributed by atoms with E-state index < -0.39 is 0 Å². The van der Waals surface area contributed by atoms with Crippen LogP contribution >= 0.6 is 0 Å². The van der Waals surface area contributed by atoms with Gasteiger partial charge in [0.1, 0.15) is 0 Å². The molecule has 0 aliphatic carbocycles. The van der Waals surface area contributed by atoms with Crippen molar-refractivity contribution >= 4 is 5.91 Å². The van der Waals surface area contributed by atoms with Crippen molar-refractivity contribution in [2.75, 3.05) is 40.0 Å². The van der Waals surface area contributed by atoms with Crippen LogP contribution in [0.2, 0.25) is 0 Å². The van der Waals surface area contributed by atoms with Gasteiger partial charge in [0, 0.05) is 56.9 Å². The predicted molar refractivity (Wildman–Crippen MR) is 116 cm³/mol. The summed E-state index contributed by atoms with van der Waals surface area (Å²) in [6, 6.07) is 5.94. The average molecular weight is 428 g/mol. The second-order valence-corrected chi connectivity index (χ2v) is 8.96. The van der Waals surface area contributed by atoms with Crippen LogP contribution in [-0.4, -0.2) is 61.0 Å². The van der Waals surface area contributed by atoms with Crippen LogP contribution in [-0.2, 0) is 14.9 Å². The van der Waals surface area contributed by atoms with Gasteiger partial charge in [0.05, 0.1) is 0 Å². The van der Waals surface area contributed by atoms with Gasteiger partial charge in [-0.05, 0) is 69.2 Å². The summed E-state index contributed by atoms with van der Waals surface area (Å²) in [5, 5.41) is 4.40. The van der Waals surface area contributed by atoms with Crippen molar-refractivity contribution in [3.63, 3.8) is 0 Å². The van der Waals surface area contributed by atoms with E-state index in [1.54, 1.807) is 7.11 Å². The quantitative estimate of drug-likeness (QED) is 0.698. The van der Waals surface area contributed by atoms with E-state index in [4.69, 9.17) is 19.0 Å². The molecule has 4 rings (SSSR count). The van der Waals surface area contributed by atoms with Gasteiger partial charge in [-0.15, -0.1) is 0 Å². The number of carbonyl (C=O) groups excluding carboxylic acids is 1. The number of aryl methyl sites for hydroxylation is 2. The summed E-state index contributed by atoms with van der Waals surface area (Å²) in [5.41, 5.74) is 2.88. The first-order valence-corrected chi connectivity index (χ1v) is 11.3. The number of hydrogen-bond acceptors (Lipinski definition) is 6. The second kappa shape index (κ2) is 9.49. The van der Waals surface area contributed by atoms with Crippen LogP contribution in [0.25, 0.3) is 0 Å². The molecule has 2 saturated heterocycles. The Hall–Kier alpha value is -2.25. The molecule has 7 nitrogen and oxygen atoms in total. The molecular weight excluding hydrogens is 394 g/mol. The van der Waals surface area contributed by atoms with Gasteiger partial charge in [0.15, 0.2) is 5.82 Å². The molecular formula is C24H33N3O4. The first kappa shape index (κ1) is 22.0. The number of nitrogens with zero attached hydrogens (tertiary/aromatic N) is 3. The molecule has 2 aliphatic heterocycles. The number of aromatic nitrogens is 2. The van der Waals surface area contributed by atoms with E-state index in [9.17, 15) is 4.79 Å². The molecule has 168 valence electrons. The van der Waals surface area contributed by atoms with E-state index in [1.165, 1.54) is 5.56 Å². The molecule has 0 bridgehead atoms. The SMILES string of the molecule is COCCC1(c2noc(C3CCOCC3)n2)CCN(C(=O)c2ccc(C)c(C)c2)CC1.